The molecule has 2 aromatic carbocycles. The molecule has 3 aromatic rings. The third-order valence-corrected chi connectivity index (χ3v) is 3.62. The van der Waals surface area contributed by atoms with Gasteiger partial charge in [-0.25, -0.2) is 8.78 Å². The van der Waals surface area contributed by atoms with Crippen molar-refractivity contribution in [2.24, 2.45) is 0 Å². The van der Waals surface area contributed by atoms with Crippen molar-refractivity contribution in [1.82, 2.24) is 4.98 Å². The van der Waals surface area contributed by atoms with Gasteiger partial charge in [-0.15, -0.1) is 0 Å². The van der Waals surface area contributed by atoms with E-state index >= 15 is 0 Å². The van der Waals surface area contributed by atoms with Crippen molar-refractivity contribution in [1.29, 1.82) is 0 Å². The summed E-state index contributed by atoms with van der Waals surface area (Å²) >= 11 is 0. The topological polar surface area (TPSA) is 33.1 Å². The number of benzene rings is 2. The van der Waals surface area contributed by atoms with Crippen molar-refractivity contribution in [2.45, 2.75) is 12.5 Å². The van der Waals surface area contributed by atoms with Gasteiger partial charge in [-0.1, -0.05) is 24.3 Å². The molecule has 1 aromatic heterocycles. The monoisotopic (exact) mass is 285 g/mol. The summed E-state index contributed by atoms with van der Waals surface area (Å²) < 4.78 is 26.8. The fraction of sp³-hybridized carbons (Fsp3) is 0.118. The molecule has 4 heteroatoms. The van der Waals surface area contributed by atoms with E-state index in [-0.39, 0.29) is 5.56 Å². The average molecular weight is 285 g/mol. The highest BCUT2D eigenvalue weighted by molar-refractivity contribution is 5.85. The standard InChI is InChI=1S/C17H13F2NO/c1-17(21,12-6-13(18)8-14(19)7-12)16-10-20-9-11-4-2-3-5-15(11)16/h2-10,21H,1H3. The van der Waals surface area contributed by atoms with E-state index in [4.69, 9.17) is 0 Å². The summed E-state index contributed by atoms with van der Waals surface area (Å²) in [4.78, 5) is 4.10. The van der Waals surface area contributed by atoms with Gasteiger partial charge in [0.15, 0.2) is 0 Å². The van der Waals surface area contributed by atoms with Crippen LogP contribution in [0.25, 0.3) is 10.8 Å². The van der Waals surface area contributed by atoms with Gasteiger partial charge in [-0.05, 0) is 30.0 Å². The summed E-state index contributed by atoms with van der Waals surface area (Å²) in [7, 11) is 0. The van der Waals surface area contributed by atoms with Crippen LogP contribution in [0.4, 0.5) is 8.78 Å². The molecule has 0 saturated carbocycles. The number of pyridine rings is 1. The molecule has 0 spiro atoms. The van der Waals surface area contributed by atoms with Gasteiger partial charge in [-0.3, -0.25) is 4.98 Å². The molecule has 0 bridgehead atoms. The molecule has 1 N–H and O–H groups in total. The van der Waals surface area contributed by atoms with E-state index in [2.05, 4.69) is 4.98 Å². The quantitative estimate of drug-likeness (QED) is 0.777. The number of hydrogen-bond acceptors (Lipinski definition) is 2. The first kappa shape index (κ1) is 13.6. The second-order valence-electron chi connectivity index (χ2n) is 5.14. The maximum Gasteiger partial charge on any atom is 0.126 e. The van der Waals surface area contributed by atoms with E-state index in [0.29, 0.717) is 5.56 Å². The Labute approximate surface area is 120 Å². The molecule has 0 saturated heterocycles. The summed E-state index contributed by atoms with van der Waals surface area (Å²) in [5, 5.41) is 12.5. The van der Waals surface area contributed by atoms with Gasteiger partial charge in [0, 0.05) is 29.4 Å². The average Bonchev–Trinajstić information content (AvgIpc) is 2.45. The molecule has 21 heavy (non-hydrogen) atoms. The number of halogens is 2. The molecule has 2 nitrogen and oxygen atoms in total. The van der Waals surface area contributed by atoms with Crippen LogP contribution in [0.2, 0.25) is 0 Å². The summed E-state index contributed by atoms with van der Waals surface area (Å²) in [5.74, 6) is -1.45. The smallest absolute Gasteiger partial charge is 0.126 e. The molecule has 0 radical (unpaired) electrons. The van der Waals surface area contributed by atoms with Crippen LogP contribution in [0.15, 0.2) is 54.9 Å². The predicted molar refractivity (Wildman–Crippen MR) is 76.8 cm³/mol. The third kappa shape index (κ3) is 2.38. The van der Waals surface area contributed by atoms with Crippen molar-refractivity contribution in [3.8, 4) is 0 Å². The molecule has 106 valence electrons. The van der Waals surface area contributed by atoms with Crippen molar-refractivity contribution >= 4 is 10.8 Å². The largest absolute Gasteiger partial charge is 0.381 e. The Hall–Kier alpha value is -2.33. The van der Waals surface area contributed by atoms with Crippen LogP contribution in [0.1, 0.15) is 18.1 Å². The maximum atomic E-state index is 13.4. The lowest BCUT2D eigenvalue weighted by Gasteiger charge is -2.25. The zero-order valence-electron chi connectivity index (χ0n) is 11.3. The highest BCUT2D eigenvalue weighted by atomic mass is 19.1. The Balaban J connectivity index is 2.24. The lowest BCUT2D eigenvalue weighted by atomic mass is 9.86. The Morgan fingerprint density at radius 3 is 2.38 bits per heavy atom. The Morgan fingerprint density at radius 1 is 1.00 bits per heavy atom. The van der Waals surface area contributed by atoms with E-state index in [1.54, 1.807) is 6.20 Å². The minimum absolute atomic E-state index is 0.151. The molecule has 3 rings (SSSR count). The van der Waals surface area contributed by atoms with E-state index in [1.807, 2.05) is 24.3 Å². The lowest BCUT2D eigenvalue weighted by molar-refractivity contribution is 0.103. The van der Waals surface area contributed by atoms with Gasteiger partial charge in [0.2, 0.25) is 0 Å². The number of rotatable bonds is 2. The number of aliphatic hydroxyl groups is 1. The third-order valence-electron chi connectivity index (χ3n) is 3.62. The van der Waals surface area contributed by atoms with Crippen LogP contribution in [0, 0.1) is 11.6 Å². The van der Waals surface area contributed by atoms with Crippen LogP contribution < -0.4 is 0 Å². The van der Waals surface area contributed by atoms with Gasteiger partial charge in [0.25, 0.3) is 0 Å². The van der Waals surface area contributed by atoms with Crippen molar-refractivity contribution < 1.29 is 13.9 Å². The zero-order valence-corrected chi connectivity index (χ0v) is 11.3. The van der Waals surface area contributed by atoms with Crippen LogP contribution in [-0.2, 0) is 5.60 Å². The number of fused-ring (bicyclic) bond motifs is 1. The first-order valence-corrected chi connectivity index (χ1v) is 6.50. The summed E-state index contributed by atoms with van der Waals surface area (Å²) in [6.45, 7) is 1.50. The number of aromatic nitrogens is 1. The van der Waals surface area contributed by atoms with Gasteiger partial charge in [0.1, 0.15) is 17.2 Å². The second kappa shape index (κ2) is 4.90. The Kier molecular flexibility index (Phi) is 3.18. The first-order valence-electron chi connectivity index (χ1n) is 6.50. The number of hydrogen-bond donors (Lipinski definition) is 1. The minimum atomic E-state index is -1.54. The summed E-state index contributed by atoms with van der Waals surface area (Å²) in [6.07, 6.45) is 3.20. The molecule has 0 fully saturated rings. The van der Waals surface area contributed by atoms with E-state index in [0.717, 1.165) is 29.0 Å². The predicted octanol–water partition coefficient (Wildman–Crippen LogP) is 3.77. The highest BCUT2D eigenvalue weighted by Gasteiger charge is 2.29. The molecule has 1 atom stereocenters. The van der Waals surface area contributed by atoms with E-state index < -0.39 is 17.2 Å². The van der Waals surface area contributed by atoms with Crippen LogP contribution in [-0.4, -0.2) is 10.1 Å². The molecule has 0 aliphatic carbocycles. The van der Waals surface area contributed by atoms with E-state index in [9.17, 15) is 13.9 Å². The van der Waals surface area contributed by atoms with Gasteiger partial charge < -0.3 is 5.11 Å². The molecular weight excluding hydrogens is 272 g/mol. The maximum absolute atomic E-state index is 13.4. The molecule has 0 aliphatic heterocycles. The molecule has 0 amide bonds. The van der Waals surface area contributed by atoms with Crippen LogP contribution >= 0.6 is 0 Å². The van der Waals surface area contributed by atoms with Crippen molar-refractivity contribution in [2.75, 3.05) is 0 Å². The second-order valence-corrected chi connectivity index (χ2v) is 5.14. The summed E-state index contributed by atoms with van der Waals surface area (Å²) in [5.41, 5.74) is -0.889. The van der Waals surface area contributed by atoms with Crippen molar-refractivity contribution in [3.63, 3.8) is 0 Å². The van der Waals surface area contributed by atoms with Crippen LogP contribution in [0.5, 0.6) is 0 Å². The highest BCUT2D eigenvalue weighted by Crippen LogP contribution is 2.34. The molecule has 1 heterocycles. The Bertz CT molecular complexity index is 789. The normalized spacial score (nSPS) is 14.1. The zero-order chi connectivity index (χ0) is 15.0. The number of nitrogens with zero attached hydrogens (tertiary/aromatic N) is 1. The lowest BCUT2D eigenvalue weighted by Crippen LogP contribution is -2.24. The van der Waals surface area contributed by atoms with Gasteiger partial charge >= 0.3 is 0 Å². The Morgan fingerprint density at radius 2 is 1.67 bits per heavy atom. The molecule has 0 aliphatic rings. The van der Waals surface area contributed by atoms with Gasteiger partial charge in [-0.2, -0.15) is 0 Å². The molecule has 1 unspecified atom stereocenters. The fourth-order valence-electron chi connectivity index (χ4n) is 2.49. The summed E-state index contributed by atoms with van der Waals surface area (Å²) in [6, 6.07) is 10.5. The van der Waals surface area contributed by atoms with E-state index in [1.165, 1.54) is 13.1 Å². The SMILES string of the molecule is CC(O)(c1cc(F)cc(F)c1)c1cncc2ccccc12. The fourth-order valence-corrected chi connectivity index (χ4v) is 2.49. The van der Waals surface area contributed by atoms with Crippen LogP contribution in [0.3, 0.4) is 0 Å². The van der Waals surface area contributed by atoms with Gasteiger partial charge in [0.05, 0.1) is 0 Å². The molecular formula is C17H13F2NO. The first-order chi connectivity index (χ1) is 9.98. The minimum Gasteiger partial charge on any atom is -0.381 e. The van der Waals surface area contributed by atoms with Crippen molar-refractivity contribution in [3.05, 3.63) is 77.6 Å².